The van der Waals surface area contributed by atoms with E-state index in [9.17, 15) is 4.79 Å². The predicted molar refractivity (Wildman–Crippen MR) is 89.8 cm³/mol. The van der Waals surface area contributed by atoms with Gasteiger partial charge >= 0.3 is 6.03 Å². The Balaban J connectivity index is 1.77. The maximum atomic E-state index is 12.6. The van der Waals surface area contributed by atoms with Crippen LogP contribution in [0.1, 0.15) is 13.8 Å². The fourth-order valence-corrected chi connectivity index (χ4v) is 3.43. The molecule has 23 heavy (non-hydrogen) atoms. The van der Waals surface area contributed by atoms with E-state index in [2.05, 4.69) is 5.32 Å². The molecule has 3 rings (SSSR count). The van der Waals surface area contributed by atoms with Gasteiger partial charge < -0.3 is 24.4 Å². The number of urea groups is 1. The highest BCUT2D eigenvalue weighted by molar-refractivity contribution is 7.98. The number of benzene rings is 1. The highest BCUT2D eigenvalue weighted by Crippen LogP contribution is 2.39. The number of amides is 2. The number of carbonyl (C=O) groups excluding carboxylic acids is 1. The van der Waals surface area contributed by atoms with Gasteiger partial charge in [0.15, 0.2) is 11.5 Å². The number of nitrogens with one attached hydrogen (secondary N) is 1. The number of fused-ring (bicyclic) bond motifs is 1. The third kappa shape index (κ3) is 3.67. The van der Waals surface area contributed by atoms with Gasteiger partial charge in [0, 0.05) is 24.1 Å². The van der Waals surface area contributed by atoms with Crippen molar-refractivity contribution in [3.05, 3.63) is 12.1 Å². The minimum absolute atomic E-state index is 0.0461. The molecular formula is C16H22N2O4S. The lowest BCUT2D eigenvalue weighted by Crippen LogP contribution is -2.49. The maximum absolute atomic E-state index is 12.6. The average molecular weight is 338 g/mol. The molecule has 0 aromatic heterocycles. The first-order valence-electron chi connectivity index (χ1n) is 7.76. The molecule has 6 nitrogen and oxygen atoms in total. The van der Waals surface area contributed by atoms with Crippen molar-refractivity contribution in [1.29, 1.82) is 0 Å². The molecule has 2 amide bonds. The van der Waals surface area contributed by atoms with Crippen LogP contribution in [0.15, 0.2) is 17.0 Å². The average Bonchev–Trinajstić information content (AvgIpc) is 2.53. The van der Waals surface area contributed by atoms with E-state index >= 15 is 0 Å². The van der Waals surface area contributed by atoms with Crippen LogP contribution in [0.2, 0.25) is 0 Å². The summed E-state index contributed by atoms with van der Waals surface area (Å²) < 4.78 is 16.9. The third-order valence-electron chi connectivity index (χ3n) is 3.81. The second-order valence-corrected chi connectivity index (χ2v) is 6.64. The molecule has 1 aromatic carbocycles. The first-order chi connectivity index (χ1) is 11.1. The molecule has 2 unspecified atom stereocenters. The Morgan fingerprint density at radius 1 is 1.17 bits per heavy atom. The molecule has 1 aromatic rings. The quantitative estimate of drug-likeness (QED) is 0.840. The fraction of sp³-hybridized carbons (Fsp3) is 0.562. The Kier molecular flexibility index (Phi) is 4.87. The largest absolute Gasteiger partial charge is 0.486 e. The molecule has 0 saturated carbocycles. The number of nitrogens with zero attached hydrogens (tertiary/aromatic N) is 1. The molecule has 0 bridgehead atoms. The van der Waals surface area contributed by atoms with Gasteiger partial charge in [-0.25, -0.2) is 4.79 Å². The van der Waals surface area contributed by atoms with E-state index in [0.29, 0.717) is 32.1 Å². The van der Waals surface area contributed by atoms with Gasteiger partial charge in [-0.15, -0.1) is 11.8 Å². The number of thioether (sulfide) groups is 1. The molecule has 126 valence electrons. The summed E-state index contributed by atoms with van der Waals surface area (Å²) in [6.45, 7) is 6.22. The summed E-state index contributed by atoms with van der Waals surface area (Å²) in [6.07, 6.45) is 2.06. The van der Waals surface area contributed by atoms with Crippen molar-refractivity contribution in [3.63, 3.8) is 0 Å². The minimum atomic E-state index is -0.112. The summed E-state index contributed by atoms with van der Waals surface area (Å²) in [6, 6.07) is 3.64. The van der Waals surface area contributed by atoms with Crippen LogP contribution in [0.5, 0.6) is 11.5 Å². The second-order valence-electron chi connectivity index (χ2n) is 5.79. The number of hydrogen-bond acceptors (Lipinski definition) is 5. The Hall–Kier alpha value is -1.60. The number of morpholine rings is 1. The van der Waals surface area contributed by atoms with Gasteiger partial charge in [-0.2, -0.15) is 0 Å². The van der Waals surface area contributed by atoms with Crippen molar-refractivity contribution in [2.45, 2.75) is 31.0 Å². The van der Waals surface area contributed by atoms with Gasteiger partial charge in [0.2, 0.25) is 0 Å². The first-order valence-corrected chi connectivity index (χ1v) is 8.98. The summed E-state index contributed by atoms with van der Waals surface area (Å²) in [5.41, 5.74) is 0.749. The number of anilines is 1. The smallest absolute Gasteiger partial charge is 0.322 e. The van der Waals surface area contributed by atoms with E-state index in [4.69, 9.17) is 14.2 Å². The van der Waals surface area contributed by atoms with Gasteiger partial charge in [-0.05, 0) is 26.2 Å². The van der Waals surface area contributed by atoms with E-state index in [1.165, 1.54) is 0 Å². The number of ether oxygens (including phenoxy) is 3. The van der Waals surface area contributed by atoms with Crippen LogP contribution in [0.4, 0.5) is 10.5 Å². The molecule has 0 spiro atoms. The molecule has 0 aliphatic carbocycles. The Labute approximate surface area is 140 Å². The van der Waals surface area contributed by atoms with Crippen molar-refractivity contribution in [3.8, 4) is 11.5 Å². The molecule has 2 atom stereocenters. The summed E-state index contributed by atoms with van der Waals surface area (Å²) in [4.78, 5) is 15.3. The van der Waals surface area contributed by atoms with Crippen molar-refractivity contribution < 1.29 is 19.0 Å². The molecule has 2 heterocycles. The van der Waals surface area contributed by atoms with E-state index in [0.717, 1.165) is 16.3 Å². The zero-order chi connectivity index (χ0) is 16.4. The second kappa shape index (κ2) is 6.88. The predicted octanol–water partition coefficient (Wildman–Crippen LogP) is 2.82. The van der Waals surface area contributed by atoms with E-state index in [1.807, 2.05) is 32.2 Å². The van der Waals surface area contributed by atoms with Crippen molar-refractivity contribution in [2.75, 3.05) is 37.9 Å². The van der Waals surface area contributed by atoms with Crippen LogP contribution in [-0.4, -0.2) is 55.7 Å². The first kappa shape index (κ1) is 16.3. The normalized spacial score (nSPS) is 23.5. The van der Waals surface area contributed by atoms with Crippen LogP contribution in [0, 0.1) is 0 Å². The Bertz CT molecular complexity index is 586. The van der Waals surface area contributed by atoms with Gasteiger partial charge in [0.05, 0.1) is 17.9 Å². The lowest BCUT2D eigenvalue weighted by Gasteiger charge is -2.35. The molecule has 2 aliphatic heterocycles. The molecular weight excluding hydrogens is 316 g/mol. The lowest BCUT2D eigenvalue weighted by atomic mass is 10.2. The third-order valence-corrected chi connectivity index (χ3v) is 4.59. The molecule has 2 aliphatic rings. The highest BCUT2D eigenvalue weighted by Gasteiger charge is 2.26. The molecule has 0 radical (unpaired) electrons. The van der Waals surface area contributed by atoms with Gasteiger partial charge in [0.25, 0.3) is 0 Å². The van der Waals surface area contributed by atoms with E-state index in [1.54, 1.807) is 16.7 Å². The summed E-state index contributed by atoms with van der Waals surface area (Å²) in [5.74, 6) is 1.40. The van der Waals surface area contributed by atoms with Crippen LogP contribution in [0.25, 0.3) is 0 Å². The number of rotatable bonds is 2. The monoisotopic (exact) mass is 338 g/mol. The SMILES string of the molecule is CSc1cc2c(cc1NC(=O)N1CC(C)OC(C)C1)OCCO2. The molecule has 1 N–H and O–H groups in total. The van der Waals surface area contributed by atoms with Crippen molar-refractivity contribution in [1.82, 2.24) is 4.90 Å². The topological polar surface area (TPSA) is 60.0 Å². The van der Waals surface area contributed by atoms with E-state index in [-0.39, 0.29) is 18.2 Å². The fourth-order valence-electron chi connectivity index (χ4n) is 2.87. The standard InChI is InChI=1S/C16H22N2O4S/c1-10-8-18(9-11(2)22-10)16(19)17-12-6-13-14(7-15(12)23-3)21-5-4-20-13/h6-7,10-11H,4-5,8-9H2,1-3H3,(H,17,19). The molecule has 7 heteroatoms. The zero-order valence-corrected chi connectivity index (χ0v) is 14.4. The summed E-state index contributed by atoms with van der Waals surface area (Å²) in [7, 11) is 0. The number of hydrogen-bond donors (Lipinski definition) is 1. The Morgan fingerprint density at radius 2 is 1.78 bits per heavy atom. The van der Waals surface area contributed by atoms with Crippen LogP contribution < -0.4 is 14.8 Å². The Morgan fingerprint density at radius 3 is 2.39 bits per heavy atom. The van der Waals surface area contributed by atoms with Crippen LogP contribution in [-0.2, 0) is 4.74 Å². The molecule has 1 saturated heterocycles. The zero-order valence-electron chi connectivity index (χ0n) is 13.6. The molecule has 1 fully saturated rings. The van der Waals surface area contributed by atoms with Gasteiger partial charge in [-0.3, -0.25) is 0 Å². The van der Waals surface area contributed by atoms with Gasteiger partial charge in [0.1, 0.15) is 13.2 Å². The van der Waals surface area contributed by atoms with Crippen molar-refractivity contribution >= 4 is 23.5 Å². The summed E-state index contributed by atoms with van der Waals surface area (Å²) in [5, 5.41) is 3.00. The lowest BCUT2D eigenvalue weighted by molar-refractivity contribution is -0.0530. The summed E-state index contributed by atoms with van der Waals surface area (Å²) >= 11 is 1.56. The van der Waals surface area contributed by atoms with Crippen LogP contribution >= 0.6 is 11.8 Å². The van der Waals surface area contributed by atoms with Crippen LogP contribution in [0.3, 0.4) is 0 Å². The minimum Gasteiger partial charge on any atom is -0.486 e. The maximum Gasteiger partial charge on any atom is 0.322 e. The van der Waals surface area contributed by atoms with E-state index < -0.39 is 0 Å². The number of carbonyl (C=O) groups is 1. The van der Waals surface area contributed by atoms with Gasteiger partial charge in [-0.1, -0.05) is 0 Å². The highest BCUT2D eigenvalue weighted by atomic mass is 32.2. The van der Waals surface area contributed by atoms with Crippen molar-refractivity contribution in [2.24, 2.45) is 0 Å².